The summed E-state index contributed by atoms with van der Waals surface area (Å²) in [6.45, 7) is 2.10. The van der Waals surface area contributed by atoms with Gasteiger partial charge in [-0.3, -0.25) is 0 Å². The van der Waals surface area contributed by atoms with E-state index in [1.165, 1.54) is 6.39 Å². The second-order valence-corrected chi connectivity index (χ2v) is 2.27. The third kappa shape index (κ3) is 0.733. The molecule has 1 N–H and O–H groups in total. The number of hydrogen-bond donors (Lipinski definition) is 1. The number of rotatable bonds is 1. The molecule has 48 valence electrons. The van der Waals surface area contributed by atoms with E-state index in [0.29, 0.717) is 5.92 Å². The van der Waals surface area contributed by atoms with E-state index in [2.05, 4.69) is 10.3 Å². The van der Waals surface area contributed by atoms with Crippen molar-refractivity contribution in [2.75, 3.05) is 13.1 Å². The van der Waals surface area contributed by atoms with Gasteiger partial charge < -0.3 is 9.73 Å². The second-order valence-electron chi connectivity index (χ2n) is 2.27. The second kappa shape index (κ2) is 1.84. The Morgan fingerprint density at radius 2 is 2.56 bits per heavy atom. The Kier molecular flexibility index (Phi) is 1.02. The van der Waals surface area contributed by atoms with E-state index in [9.17, 15) is 0 Å². The maximum absolute atomic E-state index is 4.83. The molecule has 0 bridgehead atoms. The van der Waals surface area contributed by atoms with Crippen LogP contribution in [0.4, 0.5) is 0 Å². The Labute approximate surface area is 53.1 Å². The Morgan fingerprint density at radius 3 is 3.00 bits per heavy atom. The molecule has 1 aromatic heterocycles. The summed E-state index contributed by atoms with van der Waals surface area (Å²) >= 11 is 0. The highest BCUT2D eigenvalue weighted by Gasteiger charge is 2.20. The molecule has 2 rings (SSSR count). The Balaban J connectivity index is 2.14. The van der Waals surface area contributed by atoms with Gasteiger partial charge in [0, 0.05) is 19.0 Å². The lowest BCUT2D eigenvalue weighted by Gasteiger charge is -2.24. The van der Waals surface area contributed by atoms with Crippen LogP contribution in [0.5, 0.6) is 0 Å². The molecule has 1 aliphatic rings. The van der Waals surface area contributed by atoms with Crippen molar-refractivity contribution in [2.24, 2.45) is 0 Å². The van der Waals surface area contributed by atoms with Crippen LogP contribution in [0.1, 0.15) is 11.6 Å². The highest BCUT2D eigenvalue weighted by Crippen LogP contribution is 2.16. The fourth-order valence-corrected chi connectivity index (χ4v) is 0.921. The van der Waals surface area contributed by atoms with Crippen LogP contribution in [0.2, 0.25) is 0 Å². The van der Waals surface area contributed by atoms with Crippen molar-refractivity contribution in [3.63, 3.8) is 0 Å². The average molecular weight is 124 g/mol. The molecule has 0 unspecified atom stereocenters. The Bertz CT molecular complexity index is 179. The molecule has 0 amide bonds. The van der Waals surface area contributed by atoms with E-state index in [1.54, 1.807) is 6.26 Å². The predicted octanol–water partition coefficient (Wildman–Crippen LogP) is 0.361. The largest absolute Gasteiger partial charge is 0.451 e. The fraction of sp³-hybridized carbons (Fsp3) is 0.500. The third-order valence-corrected chi connectivity index (χ3v) is 1.65. The van der Waals surface area contributed by atoms with Gasteiger partial charge >= 0.3 is 0 Å². The van der Waals surface area contributed by atoms with E-state index in [1.807, 2.05) is 0 Å². The van der Waals surface area contributed by atoms with Crippen LogP contribution in [-0.2, 0) is 0 Å². The quantitative estimate of drug-likeness (QED) is 0.587. The lowest BCUT2D eigenvalue weighted by Crippen LogP contribution is -2.39. The molecule has 0 radical (unpaired) electrons. The summed E-state index contributed by atoms with van der Waals surface area (Å²) in [5.74, 6) is 0.601. The molecule has 0 atom stereocenters. The molecule has 1 saturated heterocycles. The van der Waals surface area contributed by atoms with Gasteiger partial charge in [0.05, 0.1) is 5.69 Å². The minimum absolute atomic E-state index is 0.601. The number of hydrogen-bond acceptors (Lipinski definition) is 3. The van der Waals surface area contributed by atoms with Gasteiger partial charge in [0.25, 0.3) is 0 Å². The smallest absolute Gasteiger partial charge is 0.180 e. The maximum Gasteiger partial charge on any atom is 0.180 e. The van der Waals surface area contributed by atoms with Gasteiger partial charge in [0.2, 0.25) is 0 Å². The first-order valence-corrected chi connectivity index (χ1v) is 3.05. The van der Waals surface area contributed by atoms with Crippen LogP contribution in [0.3, 0.4) is 0 Å². The van der Waals surface area contributed by atoms with Crippen LogP contribution in [-0.4, -0.2) is 18.1 Å². The zero-order valence-electron chi connectivity index (χ0n) is 5.00. The molecule has 1 aromatic rings. The molecular weight excluding hydrogens is 116 g/mol. The van der Waals surface area contributed by atoms with Crippen LogP contribution < -0.4 is 5.32 Å². The first-order chi connectivity index (χ1) is 4.47. The molecule has 1 aliphatic heterocycles. The Morgan fingerprint density at radius 1 is 1.67 bits per heavy atom. The molecule has 0 aromatic carbocycles. The summed E-state index contributed by atoms with van der Waals surface area (Å²) in [6.07, 6.45) is 3.19. The molecular formula is C6H8N2O. The monoisotopic (exact) mass is 124 g/mol. The van der Waals surface area contributed by atoms with Crippen molar-refractivity contribution >= 4 is 0 Å². The number of nitrogens with zero attached hydrogens (tertiary/aromatic N) is 1. The standard InChI is InChI=1S/C6H8N2O/c1-5(2-7-1)6-3-9-4-8-6/h3-5,7H,1-2H2. The van der Waals surface area contributed by atoms with Crippen LogP contribution in [0.25, 0.3) is 0 Å². The molecule has 2 heterocycles. The summed E-state index contributed by atoms with van der Waals surface area (Å²) in [7, 11) is 0. The highest BCUT2D eigenvalue weighted by molar-refractivity contribution is 5.06. The number of nitrogens with one attached hydrogen (secondary N) is 1. The zero-order chi connectivity index (χ0) is 6.10. The number of oxazole rings is 1. The molecule has 0 spiro atoms. The minimum atomic E-state index is 0.601. The maximum atomic E-state index is 4.83. The summed E-state index contributed by atoms with van der Waals surface area (Å²) < 4.78 is 4.83. The summed E-state index contributed by atoms with van der Waals surface area (Å²) in [5.41, 5.74) is 1.08. The van der Waals surface area contributed by atoms with Crippen LogP contribution >= 0.6 is 0 Å². The fourth-order valence-electron chi connectivity index (χ4n) is 0.921. The predicted molar refractivity (Wildman–Crippen MR) is 32.1 cm³/mol. The first kappa shape index (κ1) is 4.99. The Hall–Kier alpha value is -0.830. The SMILES string of the molecule is c1nc(C2CNC2)co1. The topological polar surface area (TPSA) is 38.1 Å². The van der Waals surface area contributed by atoms with Crippen molar-refractivity contribution in [1.29, 1.82) is 0 Å². The van der Waals surface area contributed by atoms with E-state index < -0.39 is 0 Å². The van der Waals surface area contributed by atoms with E-state index in [4.69, 9.17) is 4.42 Å². The van der Waals surface area contributed by atoms with Crippen molar-refractivity contribution in [1.82, 2.24) is 10.3 Å². The molecule has 3 heteroatoms. The van der Waals surface area contributed by atoms with Gasteiger partial charge in [-0.2, -0.15) is 0 Å². The van der Waals surface area contributed by atoms with Crippen molar-refractivity contribution in [3.8, 4) is 0 Å². The van der Waals surface area contributed by atoms with Gasteiger partial charge in [0.1, 0.15) is 6.26 Å². The first-order valence-electron chi connectivity index (χ1n) is 3.05. The van der Waals surface area contributed by atoms with Crippen LogP contribution in [0, 0.1) is 0 Å². The van der Waals surface area contributed by atoms with Crippen molar-refractivity contribution in [3.05, 3.63) is 18.4 Å². The summed E-state index contributed by atoms with van der Waals surface area (Å²) in [4.78, 5) is 4.03. The molecule has 9 heavy (non-hydrogen) atoms. The van der Waals surface area contributed by atoms with Gasteiger partial charge in [-0.1, -0.05) is 0 Å². The minimum Gasteiger partial charge on any atom is -0.451 e. The molecule has 0 saturated carbocycles. The summed E-state index contributed by atoms with van der Waals surface area (Å²) in [6, 6.07) is 0. The zero-order valence-corrected chi connectivity index (χ0v) is 5.00. The van der Waals surface area contributed by atoms with Gasteiger partial charge in [-0.25, -0.2) is 4.98 Å². The summed E-state index contributed by atoms with van der Waals surface area (Å²) in [5, 5.41) is 3.17. The van der Waals surface area contributed by atoms with Crippen molar-refractivity contribution in [2.45, 2.75) is 5.92 Å². The molecule has 3 nitrogen and oxygen atoms in total. The number of aromatic nitrogens is 1. The highest BCUT2D eigenvalue weighted by atomic mass is 16.3. The van der Waals surface area contributed by atoms with E-state index >= 15 is 0 Å². The average Bonchev–Trinajstić information content (AvgIpc) is 2.11. The van der Waals surface area contributed by atoms with Gasteiger partial charge in [-0.15, -0.1) is 0 Å². The van der Waals surface area contributed by atoms with Crippen molar-refractivity contribution < 1.29 is 4.42 Å². The normalized spacial score (nSPS) is 19.6. The third-order valence-electron chi connectivity index (χ3n) is 1.65. The van der Waals surface area contributed by atoms with Crippen LogP contribution in [0.15, 0.2) is 17.1 Å². The molecule has 0 aliphatic carbocycles. The molecule has 1 fully saturated rings. The lowest BCUT2D eigenvalue weighted by atomic mass is 10.0. The van der Waals surface area contributed by atoms with Gasteiger partial charge in [0.15, 0.2) is 6.39 Å². The lowest BCUT2D eigenvalue weighted by molar-refractivity contribution is 0.438. The van der Waals surface area contributed by atoms with Gasteiger partial charge in [-0.05, 0) is 0 Å². The van der Waals surface area contributed by atoms with E-state index in [0.717, 1.165) is 18.8 Å². The van der Waals surface area contributed by atoms with E-state index in [-0.39, 0.29) is 0 Å².